The molecule has 0 spiro atoms. The summed E-state index contributed by atoms with van der Waals surface area (Å²) < 4.78 is 5.52. The summed E-state index contributed by atoms with van der Waals surface area (Å²) in [6, 6.07) is 5.78. The Bertz CT molecular complexity index is 637. The number of anilines is 1. The molecule has 1 aromatic rings. The smallest absolute Gasteiger partial charge is 0.310 e. The van der Waals surface area contributed by atoms with Crippen molar-refractivity contribution in [3.8, 4) is 0 Å². The van der Waals surface area contributed by atoms with Crippen LogP contribution in [0.25, 0.3) is 0 Å². The third-order valence-corrected chi connectivity index (χ3v) is 4.14. The maximum absolute atomic E-state index is 12.5. The normalized spacial score (nSPS) is 29.6. The van der Waals surface area contributed by atoms with Crippen molar-refractivity contribution >= 4 is 17.6 Å². The number of nitrogens with one attached hydrogen (secondary N) is 1. The second kappa shape index (κ2) is 5.00. The van der Waals surface area contributed by atoms with Crippen LogP contribution in [0.15, 0.2) is 30.4 Å². The van der Waals surface area contributed by atoms with E-state index in [2.05, 4.69) is 5.32 Å². The number of hydrogen-bond donors (Lipinski definition) is 2. The van der Waals surface area contributed by atoms with Crippen LogP contribution in [0.3, 0.4) is 0 Å². The van der Waals surface area contributed by atoms with Gasteiger partial charge in [-0.05, 0) is 31.0 Å². The van der Waals surface area contributed by atoms with E-state index in [1.54, 1.807) is 12.2 Å². The fourth-order valence-electron chi connectivity index (χ4n) is 3.00. The van der Waals surface area contributed by atoms with Gasteiger partial charge in [-0.3, -0.25) is 9.59 Å². The third kappa shape index (κ3) is 2.34. The highest BCUT2D eigenvalue weighted by molar-refractivity contribution is 5.97. The summed E-state index contributed by atoms with van der Waals surface area (Å²) in [6.07, 6.45) is 2.56. The highest BCUT2D eigenvalue weighted by Gasteiger charge is 2.53. The molecule has 2 aliphatic heterocycles. The molecule has 2 bridgehead atoms. The first kappa shape index (κ1) is 13.8. The summed E-state index contributed by atoms with van der Waals surface area (Å²) in [4.78, 5) is 23.9. The van der Waals surface area contributed by atoms with Gasteiger partial charge in [-0.25, -0.2) is 0 Å². The van der Waals surface area contributed by atoms with E-state index < -0.39 is 30.0 Å². The molecule has 0 aromatic heterocycles. The molecule has 4 atom stereocenters. The average molecular weight is 287 g/mol. The second-order valence-electron chi connectivity index (χ2n) is 5.65. The molecule has 1 aromatic carbocycles. The number of aliphatic carboxylic acids is 1. The van der Waals surface area contributed by atoms with Gasteiger partial charge in [0.05, 0.1) is 18.1 Å². The van der Waals surface area contributed by atoms with Gasteiger partial charge >= 0.3 is 5.97 Å². The standard InChI is InChI=1S/C16H17NO4/c1-8-3-4-9(2)10(7-8)17-15(18)13-11-5-6-12(21-11)14(13)16(19)20/h3-7,11-14H,1-2H3,(H,17,18)(H,19,20)/t11-,12+,13-,14+/m1/s1. The fraction of sp³-hybridized carbons (Fsp3) is 0.375. The Morgan fingerprint density at radius 1 is 1.14 bits per heavy atom. The van der Waals surface area contributed by atoms with Gasteiger partial charge in [0.15, 0.2) is 0 Å². The maximum atomic E-state index is 12.5. The SMILES string of the molecule is Cc1ccc(C)c(NC(=O)[C@H]2[C@@H](C(=O)O)[C@@H]3C=C[C@H]2O3)c1. The monoisotopic (exact) mass is 287 g/mol. The largest absolute Gasteiger partial charge is 0.481 e. The van der Waals surface area contributed by atoms with Crippen molar-refractivity contribution in [1.82, 2.24) is 0 Å². The van der Waals surface area contributed by atoms with E-state index in [1.807, 2.05) is 32.0 Å². The van der Waals surface area contributed by atoms with E-state index in [0.29, 0.717) is 0 Å². The van der Waals surface area contributed by atoms with Gasteiger partial charge in [0.1, 0.15) is 5.92 Å². The van der Waals surface area contributed by atoms with Crippen molar-refractivity contribution < 1.29 is 19.4 Å². The van der Waals surface area contributed by atoms with Gasteiger partial charge in [-0.1, -0.05) is 24.3 Å². The fourth-order valence-corrected chi connectivity index (χ4v) is 3.00. The van der Waals surface area contributed by atoms with Crippen molar-refractivity contribution in [2.24, 2.45) is 11.8 Å². The minimum atomic E-state index is -0.993. The van der Waals surface area contributed by atoms with E-state index >= 15 is 0 Å². The van der Waals surface area contributed by atoms with Crippen LogP contribution in [-0.2, 0) is 14.3 Å². The second-order valence-corrected chi connectivity index (χ2v) is 5.65. The molecule has 5 nitrogen and oxygen atoms in total. The summed E-state index contributed by atoms with van der Waals surface area (Å²) in [6.45, 7) is 3.85. The minimum Gasteiger partial charge on any atom is -0.481 e. The molecular formula is C16H17NO4. The Balaban J connectivity index is 1.83. The van der Waals surface area contributed by atoms with Crippen LogP contribution in [0.2, 0.25) is 0 Å². The number of fused-ring (bicyclic) bond motifs is 2. The Hall–Kier alpha value is -2.14. The molecule has 2 N–H and O–H groups in total. The lowest BCUT2D eigenvalue weighted by Crippen LogP contribution is -2.39. The molecule has 1 fully saturated rings. The molecule has 0 saturated carbocycles. The van der Waals surface area contributed by atoms with Gasteiger partial charge in [0.2, 0.25) is 5.91 Å². The molecular weight excluding hydrogens is 270 g/mol. The van der Waals surface area contributed by atoms with Crippen LogP contribution in [0, 0.1) is 25.7 Å². The first-order valence-corrected chi connectivity index (χ1v) is 6.92. The van der Waals surface area contributed by atoms with E-state index in [4.69, 9.17) is 4.74 Å². The molecule has 5 heteroatoms. The van der Waals surface area contributed by atoms with Gasteiger partial charge in [-0.15, -0.1) is 0 Å². The van der Waals surface area contributed by atoms with Gasteiger partial charge < -0.3 is 15.2 Å². The molecule has 0 radical (unpaired) electrons. The van der Waals surface area contributed by atoms with Crippen LogP contribution >= 0.6 is 0 Å². The predicted molar refractivity (Wildman–Crippen MR) is 77.0 cm³/mol. The first-order valence-electron chi connectivity index (χ1n) is 6.92. The molecule has 0 aliphatic carbocycles. The highest BCUT2D eigenvalue weighted by Crippen LogP contribution is 2.40. The summed E-state index contributed by atoms with van der Waals surface area (Å²) >= 11 is 0. The van der Waals surface area contributed by atoms with Crippen molar-refractivity contribution in [1.29, 1.82) is 0 Å². The number of hydrogen-bond acceptors (Lipinski definition) is 3. The van der Waals surface area contributed by atoms with Crippen LogP contribution in [0.1, 0.15) is 11.1 Å². The van der Waals surface area contributed by atoms with Crippen LogP contribution in [-0.4, -0.2) is 29.2 Å². The Kier molecular flexibility index (Phi) is 3.29. The van der Waals surface area contributed by atoms with Crippen LogP contribution in [0.4, 0.5) is 5.69 Å². The lowest BCUT2D eigenvalue weighted by molar-refractivity contribution is -0.145. The zero-order valence-electron chi connectivity index (χ0n) is 11.9. The molecule has 1 amide bonds. The molecule has 2 heterocycles. The number of aryl methyl sites for hydroxylation is 2. The van der Waals surface area contributed by atoms with Crippen LogP contribution in [0.5, 0.6) is 0 Å². The summed E-state index contributed by atoms with van der Waals surface area (Å²) in [7, 11) is 0. The van der Waals surface area contributed by atoms with Gasteiger partial charge in [-0.2, -0.15) is 0 Å². The topological polar surface area (TPSA) is 75.6 Å². The molecule has 3 rings (SSSR count). The first-order chi connectivity index (χ1) is 9.97. The van der Waals surface area contributed by atoms with E-state index in [1.165, 1.54) is 0 Å². The summed E-state index contributed by atoms with van der Waals surface area (Å²) in [5.74, 6) is -2.79. The number of rotatable bonds is 3. The number of benzene rings is 1. The number of carboxylic acid groups (broad SMARTS) is 1. The molecule has 1 saturated heterocycles. The Morgan fingerprint density at radius 2 is 1.81 bits per heavy atom. The molecule has 21 heavy (non-hydrogen) atoms. The quantitative estimate of drug-likeness (QED) is 0.833. The Labute approximate surface area is 122 Å². The van der Waals surface area contributed by atoms with Crippen LogP contribution < -0.4 is 5.32 Å². The summed E-state index contributed by atoms with van der Waals surface area (Å²) in [5, 5.41) is 12.2. The number of carboxylic acids is 1. The minimum absolute atomic E-state index is 0.298. The van der Waals surface area contributed by atoms with Gasteiger partial charge in [0, 0.05) is 5.69 Å². The Morgan fingerprint density at radius 3 is 2.48 bits per heavy atom. The highest BCUT2D eigenvalue weighted by atomic mass is 16.5. The zero-order valence-corrected chi connectivity index (χ0v) is 11.9. The number of carbonyl (C=O) groups is 2. The number of amides is 1. The molecule has 2 aliphatic rings. The zero-order chi connectivity index (χ0) is 15.1. The van der Waals surface area contributed by atoms with E-state index in [-0.39, 0.29) is 5.91 Å². The van der Waals surface area contributed by atoms with Crippen molar-refractivity contribution in [2.75, 3.05) is 5.32 Å². The number of carbonyl (C=O) groups excluding carboxylic acids is 1. The summed E-state index contributed by atoms with van der Waals surface area (Å²) in [5.41, 5.74) is 2.70. The van der Waals surface area contributed by atoms with E-state index in [0.717, 1.165) is 16.8 Å². The molecule has 0 unspecified atom stereocenters. The average Bonchev–Trinajstić information content (AvgIpc) is 3.03. The predicted octanol–water partition coefficient (Wildman–Crippen LogP) is 1.90. The third-order valence-electron chi connectivity index (χ3n) is 4.14. The molecule has 110 valence electrons. The maximum Gasteiger partial charge on any atom is 0.310 e. The lowest BCUT2D eigenvalue weighted by atomic mass is 9.82. The lowest BCUT2D eigenvalue weighted by Gasteiger charge is -2.21. The number of ether oxygens (including phenoxy) is 1. The van der Waals surface area contributed by atoms with Crippen molar-refractivity contribution in [2.45, 2.75) is 26.1 Å². The van der Waals surface area contributed by atoms with E-state index in [9.17, 15) is 14.7 Å². The van der Waals surface area contributed by atoms with Crippen molar-refractivity contribution in [3.05, 3.63) is 41.5 Å². The van der Waals surface area contributed by atoms with Crippen molar-refractivity contribution in [3.63, 3.8) is 0 Å². The van der Waals surface area contributed by atoms with Gasteiger partial charge in [0.25, 0.3) is 0 Å².